The monoisotopic (exact) mass is 433 g/mol. The molecule has 3 rings (SSSR count). The summed E-state index contributed by atoms with van der Waals surface area (Å²) < 4.78 is 15.5. The van der Waals surface area contributed by atoms with Crippen LogP contribution >= 0.6 is 0 Å². The van der Waals surface area contributed by atoms with Crippen LogP contribution in [0, 0.1) is 5.92 Å². The minimum atomic E-state index is -0.431. The lowest BCUT2D eigenvalue weighted by atomic mass is 9.98. The molecule has 10 heteroatoms. The number of benzene rings is 1. The van der Waals surface area contributed by atoms with Crippen LogP contribution in [-0.2, 0) is 19.1 Å². The molecule has 1 fully saturated rings. The molecule has 1 unspecified atom stereocenters. The van der Waals surface area contributed by atoms with Gasteiger partial charge in [-0.3, -0.25) is 19.2 Å². The zero-order chi connectivity index (χ0) is 22.4. The van der Waals surface area contributed by atoms with Gasteiger partial charge < -0.3 is 29.3 Å². The van der Waals surface area contributed by atoms with E-state index >= 15 is 0 Å². The highest BCUT2D eigenvalue weighted by molar-refractivity contribution is 5.97. The number of esters is 1. The molecule has 0 aliphatic carbocycles. The van der Waals surface area contributed by atoms with Crippen LogP contribution in [-0.4, -0.2) is 80.1 Å². The van der Waals surface area contributed by atoms with Gasteiger partial charge in [-0.1, -0.05) is 0 Å². The number of carbonyl (C=O) groups is 4. The van der Waals surface area contributed by atoms with Gasteiger partial charge in [-0.15, -0.1) is 0 Å². The first-order chi connectivity index (χ1) is 14.9. The normalized spacial score (nSPS) is 17.1. The van der Waals surface area contributed by atoms with Crippen LogP contribution in [0.4, 0.5) is 0 Å². The third-order valence-corrected chi connectivity index (χ3v) is 5.23. The van der Waals surface area contributed by atoms with E-state index < -0.39 is 11.8 Å². The first kappa shape index (κ1) is 22.4. The maximum absolute atomic E-state index is 12.6. The summed E-state index contributed by atoms with van der Waals surface area (Å²) in [5.74, 6) is -0.665. The fourth-order valence-corrected chi connectivity index (χ4v) is 3.48. The summed E-state index contributed by atoms with van der Waals surface area (Å²) in [5.41, 5.74) is 0.342. The quantitative estimate of drug-likeness (QED) is 0.619. The number of fused-ring (bicyclic) bond motifs is 1. The lowest BCUT2D eigenvalue weighted by Crippen LogP contribution is -2.48. The number of hydrogen-bond acceptors (Lipinski definition) is 7. The van der Waals surface area contributed by atoms with E-state index in [2.05, 4.69) is 5.32 Å². The second-order valence-corrected chi connectivity index (χ2v) is 7.43. The first-order valence-corrected chi connectivity index (χ1v) is 10.2. The number of carbonyl (C=O) groups excluding carboxylic acids is 4. The number of nitrogens with one attached hydrogen (secondary N) is 1. The number of hydrogen-bond donors (Lipinski definition) is 1. The molecule has 0 bridgehead atoms. The SMILES string of the molecule is CCOC(=O)C1CCCN(C(=O)CN(C)C(=O)CNC(=O)c2ccc3c(c2)OCO3)C1. The molecule has 0 saturated carbocycles. The van der Waals surface area contributed by atoms with Crippen molar-refractivity contribution in [1.82, 2.24) is 15.1 Å². The molecule has 10 nitrogen and oxygen atoms in total. The number of likely N-dealkylation sites (tertiary alicyclic amines) is 1. The van der Waals surface area contributed by atoms with Crippen molar-refractivity contribution in [3.05, 3.63) is 23.8 Å². The molecule has 1 aromatic carbocycles. The Labute approximate surface area is 180 Å². The molecular formula is C21H27N3O7. The molecule has 0 spiro atoms. The third kappa shape index (κ3) is 5.65. The van der Waals surface area contributed by atoms with Crippen LogP contribution in [0.1, 0.15) is 30.1 Å². The maximum Gasteiger partial charge on any atom is 0.310 e. The van der Waals surface area contributed by atoms with E-state index in [-0.39, 0.29) is 37.7 Å². The highest BCUT2D eigenvalue weighted by Crippen LogP contribution is 2.32. The van der Waals surface area contributed by atoms with Gasteiger partial charge in [0.25, 0.3) is 5.91 Å². The van der Waals surface area contributed by atoms with Crippen molar-refractivity contribution in [3.63, 3.8) is 0 Å². The minimum Gasteiger partial charge on any atom is -0.466 e. The van der Waals surface area contributed by atoms with E-state index in [0.717, 1.165) is 0 Å². The minimum absolute atomic E-state index is 0.106. The molecule has 0 radical (unpaired) electrons. The van der Waals surface area contributed by atoms with Gasteiger partial charge in [0, 0.05) is 25.7 Å². The zero-order valence-corrected chi connectivity index (χ0v) is 17.7. The molecule has 1 saturated heterocycles. The summed E-state index contributed by atoms with van der Waals surface area (Å²) in [6.07, 6.45) is 1.39. The molecular weight excluding hydrogens is 406 g/mol. The molecule has 3 amide bonds. The summed E-state index contributed by atoms with van der Waals surface area (Å²) in [7, 11) is 1.50. The predicted molar refractivity (Wildman–Crippen MR) is 108 cm³/mol. The van der Waals surface area contributed by atoms with Crippen molar-refractivity contribution >= 4 is 23.7 Å². The Morgan fingerprint density at radius 1 is 1.23 bits per heavy atom. The van der Waals surface area contributed by atoms with Gasteiger partial charge >= 0.3 is 5.97 Å². The average Bonchev–Trinajstić information content (AvgIpc) is 3.25. The molecule has 1 aromatic rings. The van der Waals surface area contributed by atoms with Crippen LogP contribution < -0.4 is 14.8 Å². The highest BCUT2D eigenvalue weighted by atomic mass is 16.7. The van der Waals surface area contributed by atoms with Crippen molar-refractivity contribution < 1.29 is 33.4 Å². The molecule has 2 aliphatic heterocycles. The highest BCUT2D eigenvalue weighted by Gasteiger charge is 2.30. The lowest BCUT2D eigenvalue weighted by Gasteiger charge is -2.32. The van der Waals surface area contributed by atoms with Crippen LogP contribution in [0.25, 0.3) is 0 Å². The Hall–Kier alpha value is -3.30. The lowest BCUT2D eigenvalue weighted by molar-refractivity contribution is -0.152. The fraction of sp³-hybridized carbons (Fsp3) is 0.524. The van der Waals surface area contributed by atoms with E-state index in [9.17, 15) is 19.2 Å². The largest absolute Gasteiger partial charge is 0.466 e. The fourth-order valence-electron chi connectivity index (χ4n) is 3.48. The number of amides is 3. The number of nitrogens with zero attached hydrogens (tertiary/aromatic N) is 2. The number of rotatable bonds is 7. The van der Waals surface area contributed by atoms with E-state index in [4.69, 9.17) is 14.2 Å². The van der Waals surface area contributed by atoms with Crippen molar-refractivity contribution in [1.29, 1.82) is 0 Å². The third-order valence-electron chi connectivity index (χ3n) is 5.23. The Kier molecular flexibility index (Phi) is 7.32. The summed E-state index contributed by atoms with van der Waals surface area (Å²) in [5, 5.41) is 2.55. The topological polar surface area (TPSA) is 114 Å². The molecule has 31 heavy (non-hydrogen) atoms. The van der Waals surface area contributed by atoms with Crippen LogP contribution in [0.2, 0.25) is 0 Å². The standard InChI is InChI=1S/C21H27N3O7/c1-3-29-21(28)15-5-4-8-24(11-15)19(26)12-23(2)18(25)10-22-20(27)14-6-7-16-17(9-14)31-13-30-16/h6-7,9,15H,3-5,8,10-13H2,1-2H3,(H,22,27). The second kappa shape index (κ2) is 10.1. The van der Waals surface area contributed by atoms with Crippen LogP contribution in [0.3, 0.4) is 0 Å². The molecule has 1 N–H and O–H groups in total. The number of ether oxygens (including phenoxy) is 3. The summed E-state index contributed by atoms with van der Waals surface area (Å²) in [6.45, 7) is 2.61. The van der Waals surface area contributed by atoms with Gasteiger partial charge in [0.05, 0.1) is 25.6 Å². The van der Waals surface area contributed by atoms with E-state index in [1.807, 2.05) is 0 Å². The van der Waals surface area contributed by atoms with Crippen molar-refractivity contribution in [2.75, 3.05) is 46.6 Å². The first-order valence-electron chi connectivity index (χ1n) is 10.2. The smallest absolute Gasteiger partial charge is 0.310 e. The van der Waals surface area contributed by atoms with Gasteiger partial charge in [-0.25, -0.2) is 0 Å². The zero-order valence-electron chi connectivity index (χ0n) is 17.7. The maximum atomic E-state index is 12.6. The van der Waals surface area contributed by atoms with Gasteiger partial charge in [0.2, 0.25) is 18.6 Å². The van der Waals surface area contributed by atoms with Gasteiger partial charge in [0.15, 0.2) is 11.5 Å². The Morgan fingerprint density at radius 2 is 2.00 bits per heavy atom. The van der Waals surface area contributed by atoms with E-state index in [0.29, 0.717) is 49.6 Å². The molecule has 2 aliphatic rings. The predicted octanol–water partition coefficient (Wildman–Crippen LogP) is 0.405. The number of piperidine rings is 1. The van der Waals surface area contributed by atoms with E-state index in [1.54, 1.807) is 30.0 Å². The Balaban J connectivity index is 1.46. The molecule has 168 valence electrons. The van der Waals surface area contributed by atoms with Crippen molar-refractivity contribution in [2.45, 2.75) is 19.8 Å². The van der Waals surface area contributed by atoms with Crippen LogP contribution in [0.5, 0.6) is 11.5 Å². The second-order valence-electron chi connectivity index (χ2n) is 7.43. The molecule has 0 aromatic heterocycles. The van der Waals surface area contributed by atoms with Gasteiger partial charge in [-0.05, 0) is 38.0 Å². The Morgan fingerprint density at radius 3 is 2.77 bits per heavy atom. The van der Waals surface area contributed by atoms with Crippen molar-refractivity contribution in [2.24, 2.45) is 5.92 Å². The molecule has 2 heterocycles. The summed E-state index contributed by atoms with van der Waals surface area (Å²) >= 11 is 0. The van der Waals surface area contributed by atoms with Gasteiger partial charge in [-0.2, -0.15) is 0 Å². The van der Waals surface area contributed by atoms with Gasteiger partial charge in [0.1, 0.15) is 0 Å². The summed E-state index contributed by atoms with van der Waals surface area (Å²) in [6, 6.07) is 4.76. The van der Waals surface area contributed by atoms with Crippen LogP contribution in [0.15, 0.2) is 18.2 Å². The molecule has 1 atom stereocenters. The average molecular weight is 433 g/mol. The summed E-state index contributed by atoms with van der Waals surface area (Å²) in [4.78, 5) is 52.0. The Bertz CT molecular complexity index is 857. The van der Waals surface area contributed by atoms with Crippen molar-refractivity contribution in [3.8, 4) is 11.5 Å². The van der Waals surface area contributed by atoms with E-state index in [1.165, 1.54) is 11.9 Å². The number of likely N-dealkylation sites (N-methyl/N-ethyl adjacent to an activating group) is 1.